The van der Waals surface area contributed by atoms with Crippen molar-refractivity contribution in [1.82, 2.24) is 24.6 Å². The molecule has 3 heterocycles. The van der Waals surface area contributed by atoms with Gasteiger partial charge in [-0.2, -0.15) is 0 Å². The summed E-state index contributed by atoms with van der Waals surface area (Å²) in [5, 5.41) is 18.4. The van der Waals surface area contributed by atoms with E-state index in [2.05, 4.69) is 49.4 Å². The number of fused-ring (bicyclic) bond motifs is 1. The molecule has 1 aliphatic heterocycles. The van der Waals surface area contributed by atoms with E-state index in [1.165, 1.54) is 23.1 Å². The summed E-state index contributed by atoms with van der Waals surface area (Å²) in [7, 11) is 0. The number of H-pyrrole nitrogens is 1. The van der Waals surface area contributed by atoms with Gasteiger partial charge in [0.05, 0.1) is 6.61 Å². The fourth-order valence-electron chi connectivity index (χ4n) is 4.88. The van der Waals surface area contributed by atoms with Crippen LogP contribution in [0.1, 0.15) is 18.4 Å². The minimum Gasteiger partial charge on any atom is -0.395 e. The van der Waals surface area contributed by atoms with Crippen LogP contribution < -0.4 is 4.90 Å². The van der Waals surface area contributed by atoms with Crippen LogP contribution in [-0.2, 0) is 6.42 Å². The molecule has 0 saturated carbocycles. The topological polar surface area (TPSA) is 73.2 Å². The molecule has 1 aliphatic rings. The van der Waals surface area contributed by atoms with Gasteiger partial charge in [0.25, 0.3) is 0 Å². The number of aromatic amines is 1. The Morgan fingerprint density at radius 2 is 1.82 bits per heavy atom. The molecule has 1 unspecified atom stereocenters. The van der Waals surface area contributed by atoms with Crippen LogP contribution in [0.15, 0.2) is 61.3 Å². The normalized spacial score (nSPS) is 17.2. The van der Waals surface area contributed by atoms with Crippen molar-refractivity contribution >= 4 is 16.6 Å². The maximum Gasteiger partial charge on any atom is 0.123 e. The van der Waals surface area contributed by atoms with Gasteiger partial charge in [0.1, 0.15) is 18.5 Å². The third kappa shape index (κ3) is 4.77. The number of nitrogens with zero attached hydrogens (tertiary/aromatic N) is 5. The number of benzene rings is 2. The van der Waals surface area contributed by atoms with Gasteiger partial charge in [0, 0.05) is 60.7 Å². The van der Waals surface area contributed by atoms with E-state index in [9.17, 15) is 9.50 Å². The molecular weight excluding hydrogens is 419 g/mol. The second-order valence-electron chi connectivity index (χ2n) is 8.65. The van der Waals surface area contributed by atoms with Gasteiger partial charge < -0.3 is 15.0 Å². The first kappa shape index (κ1) is 21.6. The van der Waals surface area contributed by atoms with Crippen LogP contribution in [0.3, 0.4) is 0 Å². The SMILES string of the molecule is OCCN1CCN(c2ccc(F)cc2)C(CCCc2c[nH]c3ccc(-n4cnnc4)cc23)C1. The number of aliphatic hydroxyl groups is 1. The Morgan fingerprint density at radius 1 is 1.03 bits per heavy atom. The number of β-amino-alcohol motifs (C(OH)–C–C–N with tert-alkyl or cyclic N) is 1. The molecule has 33 heavy (non-hydrogen) atoms. The van der Waals surface area contributed by atoms with Gasteiger partial charge in [0.15, 0.2) is 0 Å². The van der Waals surface area contributed by atoms with Gasteiger partial charge in [-0.05, 0) is 67.3 Å². The lowest BCUT2D eigenvalue weighted by Gasteiger charge is -2.43. The summed E-state index contributed by atoms with van der Waals surface area (Å²) in [5.74, 6) is -0.209. The number of nitrogens with one attached hydrogen (secondary N) is 1. The summed E-state index contributed by atoms with van der Waals surface area (Å²) in [6.07, 6.45) is 8.56. The Bertz CT molecular complexity index is 1170. The largest absolute Gasteiger partial charge is 0.395 e. The van der Waals surface area contributed by atoms with Gasteiger partial charge >= 0.3 is 0 Å². The average molecular weight is 449 g/mol. The van der Waals surface area contributed by atoms with Gasteiger partial charge in [-0.1, -0.05) is 0 Å². The summed E-state index contributed by atoms with van der Waals surface area (Å²) in [4.78, 5) is 8.11. The number of aromatic nitrogens is 4. The molecule has 2 N–H and O–H groups in total. The molecule has 2 aromatic carbocycles. The molecular formula is C25H29FN6O. The highest BCUT2D eigenvalue weighted by atomic mass is 19.1. The minimum absolute atomic E-state index is 0.174. The van der Waals surface area contributed by atoms with Crippen molar-refractivity contribution < 1.29 is 9.50 Å². The van der Waals surface area contributed by atoms with Crippen molar-refractivity contribution in [2.24, 2.45) is 0 Å². The molecule has 7 nitrogen and oxygen atoms in total. The first-order chi connectivity index (χ1) is 16.2. The molecule has 4 aromatic rings. The van der Waals surface area contributed by atoms with E-state index in [1.54, 1.807) is 12.7 Å². The summed E-state index contributed by atoms with van der Waals surface area (Å²) in [5.41, 5.74) is 4.54. The molecule has 0 amide bonds. The van der Waals surface area contributed by atoms with Crippen LogP contribution in [0, 0.1) is 5.82 Å². The number of aliphatic hydroxyl groups excluding tert-OH is 1. The van der Waals surface area contributed by atoms with E-state index in [0.29, 0.717) is 12.6 Å². The molecule has 0 radical (unpaired) electrons. The van der Waals surface area contributed by atoms with Crippen molar-refractivity contribution in [3.05, 3.63) is 72.7 Å². The lowest BCUT2D eigenvalue weighted by atomic mass is 10.0. The predicted molar refractivity (Wildman–Crippen MR) is 127 cm³/mol. The van der Waals surface area contributed by atoms with Gasteiger partial charge in [-0.25, -0.2) is 4.39 Å². The highest BCUT2D eigenvalue weighted by Gasteiger charge is 2.26. The lowest BCUT2D eigenvalue weighted by Crippen LogP contribution is -2.53. The Hall–Kier alpha value is -3.23. The zero-order valence-corrected chi connectivity index (χ0v) is 18.6. The predicted octanol–water partition coefficient (Wildman–Crippen LogP) is 3.39. The number of hydrogen-bond acceptors (Lipinski definition) is 5. The summed E-state index contributed by atoms with van der Waals surface area (Å²) in [6.45, 7) is 3.56. The maximum atomic E-state index is 13.5. The Labute approximate surface area is 192 Å². The minimum atomic E-state index is -0.209. The molecule has 5 rings (SSSR count). The van der Waals surface area contributed by atoms with Crippen molar-refractivity contribution in [1.29, 1.82) is 0 Å². The number of piperazine rings is 1. The molecule has 1 saturated heterocycles. The summed E-state index contributed by atoms with van der Waals surface area (Å²) >= 11 is 0. The maximum absolute atomic E-state index is 13.5. The monoisotopic (exact) mass is 448 g/mol. The lowest BCUT2D eigenvalue weighted by molar-refractivity contribution is 0.167. The van der Waals surface area contributed by atoms with E-state index in [-0.39, 0.29) is 12.4 Å². The van der Waals surface area contributed by atoms with E-state index in [1.807, 2.05) is 16.7 Å². The van der Waals surface area contributed by atoms with Crippen molar-refractivity contribution in [2.45, 2.75) is 25.3 Å². The number of halogens is 1. The van der Waals surface area contributed by atoms with Crippen LogP contribution in [0.5, 0.6) is 0 Å². The van der Waals surface area contributed by atoms with Crippen molar-refractivity contribution in [3.8, 4) is 5.69 Å². The van der Waals surface area contributed by atoms with Gasteiger partial charge in [-0.3, -0.25) is 9.47 Å². The highest BCUT2D eigenvalue weighted by Crippen LogP contribution is 2.26. The van der Waals surface area contributed by atoms with Crippen molar-refractivity contribution in [2.75, 3.05) is 37.7 Å². The van der Waals surface area contributed by atoms with E-state index >= 15 is 0 Å². The van der Waals surface area contributed by atoms with E-state index < -0.39 is 0 Å². The number of aryl methyl sites for hydroxylation is 1. The first-order valence-electron chi connectivity index (χ1n) is 11.5. The molecule has 0 aliphatic carbocycles. The molecule has 0 spiro atoms. The number of rotatable bonds is 8. The quantitative estimate of drug-likeness (QED) is 0.432. The summed E-state index contributed by atoms with van der Waals surface area (Å²) in [6, 6.07) is 13.5. The molecule has 8 heteroatoms. The highest BCUT2D eigenvalue weighted by molar-refractivity contribution is 5.85. The first-order valence-corrected chi connectivity index (χ1v) is 11.5. The zero-order valence-electron chi connectivity index (χ0n) is 18.6. The van der Waals surface area contributed by atoms with Crippen LogP contribution >= 0.6 is 0 Å². The third-order valence-corrected chi connectivity index (χ3v) is 6.59. The standard InChI is InChI=1S/C25H29FN6O/c26-20-4-6-21(7-5-20)32-11-10-30(12-13-33)16-23(32)3-1-2-19-15-27-25-9-8-22(14-24(19)25)31-17-28-29-18-31/h4-9,14-15,17-18,23,27,33H,1-3,10-13,16H2. The summed E-state index contributed by atoms with van der Waals surface area (Å²) < 4.78 is 15.4. The van der Waals surface area contributed by atoms with Gasteiger partial charge in [-0.15, -0.1) is 10.2 Å². The molecule has 1 atom stereocenters. The van der Waals surface area contributed by atoms with Crippen LogP contribution in [0.4, 0.5) is 10.1 Å². The average Bonchev–Trinajstić information content (AvgIpc) is 3.51. The van der Waals surface area contributed by atoms with Crippen molar-refractivity contribution in [3.63, 3.8) is 0 Å². The van der Waals surface area contributed by atoms with Crippen LogP contribution in [0.2, 0.25) is 0 Å². The zero-order chi connectivity index (χ0) is 22.6. The second kappa shape index (κ2) is 9.72. The Balaban J connectivity index is 1.29. The van der Waals surface area contributed by atoms with Crippen LogP contribution in [0.25, 0.3) is 16.6 Å². The molecule has 2 aromatic heterocycles. The van der Waals surface area contributed by atoms with E-state index in [4.69, 9.17) is 0 Å². The van der Waals surface area contributed by atoms with E-state index in [0.717, 1.165) is 55.8 Å². The van der Waals surface area contributed by atoms with Crippen LogP contribution in [-0.4, -0.2) is 68.6 Å². The Morgan fingerprint density at radius 3 is 2.61 bits per heavy atom. The smallest absolute Gasteiger partial charge is 0.123 e. The third-order valence-electron chi connectivity index (χ3n) is 6.59. The van der Waals surface area contributed by atoms with Gasteiger partial charge in [0.2, 0.25) is 0 Å². The second-order valence-corrected chi connectivity index (χ2v) is 8.65. The molecule has 1 fully saturated rings. The molecule has 0 bridgehead atoms. The fourth-order valence-corrected chi connectivity index (χ4v) is 4.88. The molecule has 172 valence electrons. The number of anilines is 1. The fraction of sp³-hybridized carbons (Fsp3) is 0.360. The Kier molecular flexibility index (Phi) is 6.37. The number of hydrogen-bond donors (Lipinski definition) is 2.